The molecule has 0 atom stereocenters. The van der Waals surface area contributed by atoms with Crippen molar-refractivity contribution in [2.24, 2.45) is 20.0 Å². The van der Waals surface area contributed by atoms with Gasteiger partial charge < -0.3 is 24.1 Å². The maximum Gasteiger partial charge on any atom is 0.119 e. The molecule has 9 rings (SSSR count). The molecular weight excluding hydrogens is 1210 g/mol. The van der Waals surface area contributed by atoms with Gasteiger partial charge in [0.2, 0.25) is 0 Å². The van der Waals surface area contributed by atoms with Crippen molar-refractivity contribution >= 4 is 45.1 Å². The summed E-state index contributed by atoms with van der Waals surface area (Å²) in [5, 5.41) is 9.32. The van der Waals surface area contributed by atoms with Gasteiger partial charge in [-0.15, -0.1) is 0 Å². The van der Waals surface area contributed by atoms with Gasteiger partial charge in [-0.2, -0.15) is 0 Å². The van der Waals surface area contributed by atoms with Gasteiger partial charge in [0.1, 0.15) is 23.0 Å². The van der Waals surface area contributed by atoms with Crippen LogP contribution in [0.4, 0.5) is 0 Å². The molecule has 0 saturated heterocycles. The summed E-state index contributed by atoms with van der Waals surface area (Å²) in [5.74, 6) is 3.31. The fourth-order valence-corrected chi connectivity index (χ4v) is 13.8. The van der Waals surface area contributed by atoms with E-state index in [1.807, 2.05) is 0 Å². The second kappa shape index (κ2) is 43.9. The Morgan fingerprint density at radius 1 is 0.245 bits per heavy atom. The number of allylic oxidation sites excluding steroid dienone is 12. The molecule has 5 heterocycles. The van der Waals surface area contributed by atoms with Gasteiger partial charge in [0.25, 0.3) is 0 Å². The third-order valence-corrected chi connectivity index (χ3v) is 19.5. The van der Waals surface area contributed by atoms with E-state index in [1.54, 1.807) is 0 Å². The van der Waals surface area contributed by atoms with Crippen LogP contribution >= 0.6 is 0 Å². The summed E-state index contributed by atoms with van der Waals surface area (Å²) in [6, 6.07) is 33.9. The maximum absolute atomic E-state index is 9.32. The summed E-state index contributed by atoms with van der Waals surface area (Å²) < 4.78 is 26.1. The van der Waals surface area contributed by atoms with Crippen LogP contribution in [-0.4, -0.2) is 61.0 Å². The molecule has 98 heavy (non-hydrogen) atoms. The van der Waals surface area contributed by atoms with Crippen LogP contribution in [0, 0.1) is 0 Å². The number of fused-ring (bicyclic) bond motifs is 4. The molecule has 5 aliphatic heterocycles. The number of hydrogen-bond acceptors (Lipinski definition) is 9. The van der Waals surface area contributed by atoms with Crippen molar-refractivity contribution in [3.8, 4) is 23.0 Å². The molecule has 5 aliphatic rings. The highest BCUT2D eigenvalue weighted by molar-refractivity contribution is 6.39. The molecule has 0 radical (unpaired) electrons. The largest absolute Gasteiger partial charge is 0.494 e. The molecule has 0 aliphatic carbocycles. The summed E-state index contributed by atoms with van der Waals surface area (Å²) in [5.41, 5.74) is 14.0. The Hall–Kier alpha value is -7.36. The van der Waals surface area contributed by atoms with Gasteiger partial charge in [-0.05, 0) is 158 Å². The standard InChI is InChI=1S/C89H118N4O5/c1-4-7-10-13-16-19-22-25-28-32-37-64-96-75-47-41-44-71(67-75)87-80-56-54-78(90-80)86(70-50-52-74(53-51-70)95-63-40-35-31-36-62-94)79-55-57-81(91-79)88(72-45-42-48-76(68-72)97-65-38-33-29-26-23-20-17-14-11-8-5-2)83-59-61-85(93-83)89(84-60-58-82(87)92-84)73-46-43-49-77(69-73)98-66-39-34-30-27-24-21-18-15-12-9-6-3/h41-61,67-69,94H,4-40,62-66H2,1-3H3. The molecule has 1 N–H and O–H groups in total. The smallest absolute Gasteiger partial charge is 0.119 e. The number of benzene rings is 4. The molecule has 0 unspecified atom stereocenters. The zero-order valence-electron chi connectivity index (χ0n) is 60.4. The lowest BCUT2D eigenvalue weighted by Crippen LogP contribution is -2.05. The van der Waals surface area contributed by atoms with Gasteiger partial charge in [-0.1, -0.05) is 268 Å². The predicted octanol–water partition coefficient (Wildman–Crippen LogP) is 24.7. The van der Waals surface area contributed by atoms with Gasteiger partial charge in [0.05, 0.1) is 72.1 Å². The zero-order chi connectivity index (χ0) is 67.9. The Kier molecular flexibility index (Phi) is 33.5. The van der Waals surface area contributed by atoms with E-state index in [1.165, 1.54) is 193 Å². The van der Waals surface area contributed by atoms with Crippen LogP contribution in [0.15, 0.2) is 188 Å². The van der Waals surface area contributed by atoms with Crippen LogP contribution in [0.1, 0.15) is 281 Å². The molecule has 524 valence electrons. The van der Waals surface area contributed by atoms with Crippen LogP contribution in [0.5, 0.6) is 23.0 Å². The first-order chi connectivity index (χ1) is 48.5. The minimum Gasteiger partial charge on any atom is -0.494 e. The topological polar surface area (TPSA) is 107 Å². The Labute approximate surface area is 591 Å². The summed E-state index contributed by atoms with van der Waals surface area (Å²) in [4.78, 5) is 22.6. The number of unbranched alkanes of at least 4 members (excludes halogenated alkanes) is 33. The molecule has 0 fully saturated rings. The average Bonchev–Trinajstić information content (AvgIpc) is 1.61. The number of aliphatic imine (C=N–C) groups is 4. The molecule has 0 spiro atoms. The number of ether oxygens (including phenoxy) is 4. The molecule has 4 aromatic carbocycles. The third kappa shape index (κ3) is 24.5. The quantitative estimate of drug-likeness (QED) is 0.0443. The third-order valence-electron chi connectivity index (χ3n) is 19.5. The molecule has 0 saturated carbocycles. The minimum absolute atomic E-state index is 0.227. The number of nitrogens with zero attached hydrogens (tertiary/aromatic N) is 4. The second-order valence-electron chi connectivity index (χ2n) is 27.6. The zero-order valence-corrected chi connectivity index (χ0v) is 60.4. The van der Waals surface area contributed by atoms with Crippen LogP contribution < -0.4 is 18.9 Å². The van der Waals surface area contributed by atoms with Crippen molar-refractivity contribution in [3.05, 3.63) is 191 Å². The summed E-state index contributed by atoms with van der Waals surface area (Å²) in [6.45, 7) is 9.72. The van der Waals surface area contributed by atoms with Crippen molar-refractivity contribution in [2.45, 2.75) is 258 Å². The van der Waals surface area contributed by atoms with Crippen molar-refractivity contribution < 1.29 is 24.1 Å². The van der Waals surface area contributed by atoms with Crippen LogP contribution in [0.25, 0.3) is 22.3 Å². The van der Waals surface area contributed by atoms with Crippen LogP contribution in [0.2, 0.25) is 0 Å². The minimum atomic E-state index is 0.227. The monoisotopic (exact) mass is 1320 g/mol. The lowest BCUT2D eigenvalue weighted by atomic mass is 9.98. The van der Waals surface area contributed by atoms with Crippen molar-refractivity contribution in [3.63, 3.8) is 0 Å². The molecule has 4 aromatic rings. The Bertz CT molecular complexity index is 3420. The molecule has 0 amide bonds. The highest BCUT2D eigenvalue weighted by Gasteiger charge is 2.28. The lowest BCUT2D eigenvalue weighted by molar-refractivity contribution is 0.273. The molecule has 8 bridgehead atoms. The van der Waals surface area contributed by atoms with E-state index < -0.39 is 0 Å². The Balaban J connectivity index is 1.05. The first-order valence-electron chi connectivity index (χ1n) is 39.1. The van der Waals surface area contributed by atoms with Gasteiger partial charge in [-0.3, -0.25) is 0 Å². The number of rotatable bonds is 50. The van der Waals surface area contributed by atoms with E-state index in [2.05, 4.69) is 166 Å². The number of aliphatic hydroxyl groups is 1. The van der Waals surface area contributed by atoms with Gasteiger partial charge in [0, 0.05) is 28.9 Å². The SMILES string of the molecule is CCCCCCCCCCCCCOc1cccc(C2=C3C=CC(=N3)C(c3cccc(OCCCCCCCCCCCCC)c3)=C3C=CC(=N3)C(c3cccc(OCCCCCCCCCCCCC)c3)=C3C=CC(=N3)C(c3ccc(OCCCCCCO)cc3)=C3C=CC2=N3)c1. The lowest BCUT2D eigenvalue weighted by Gasteiger charge is -2.14. The number of aliphatic hydroxyl groups excluding tert-OH is 1. The summed E-state index contributed by atoms with van der Waals surface area (Å²) in [7, 11) is 0. The van der Waals surface area contributed by atoms with Gasteiger partial charge >= 0.3 is 0 Å². The fourth-order valence-electron chi connectivity index (χ4n) is 13.8. The molecule has 9 nitrogen and oxygen atoms in total. The van der Waals surface area contributed by atoms with E-state index >= 15 is 0 Å². The van der Waals surface area contributed by atoms with E-state index in [-0.39, 0.29) is 6.61 Å². The van der Waals surface area contributed by atoms with Crippen LogP contribution in [-0.2, 0) is 0 Å². The van der Waals surface area contributed by atoms with Gasteiger partial charge in [-0.25, -0.2) is 20.0 Å². The first-order valence-corrected chi connectivity index (χ1v) is 39.1. The van der Waals surface area contributed by atoms with E-state index in [0.29, 0.717) is 26.4 Å². The van der Waals surface area contributed by atoms with Crippen LogP contribution in [0.3, 0.4) is 0 Å². The Morgan fingerprint density at radius 2 is 0.490 bits per heavy atom. The molecule has 9 heteroatoms. The van der Waals surface area contributed by atoms with Gasteiger partial charge in [0.15, 0.2) is 0 Å². The summed E-state index contributed by atoms with van der Waals surface area (Å²) >= 11 is 0. The first kappa shape index (κ1) is 74.9. The second-order valence-corrected chi connectivity index (χ2v) is 27.6. The Morgan fingerprint density at radius 3 is 0.765 bits per heavy atom. The molecular formula is C89H118N4O5. The predicted molar refractivity (Wildman–Crippen MR) is 417 cm³/mol. The van der Waals surface area contributed by atoms with E-state index in [4.69, 9.17) is 38.9 Å². The average molecular weight is 1320 g/mol. The maximum atomic E-state index is 9.32. The van der Waals surface area contributed by atoms with Crippen molar-refractivity contribution in [1.29, 1.82) is 0 Å². The highest BCUT2D eigenvalue weighted by Crippen LogP contribution is 2.40. The van der Waals surface area contributed by atoms with Crippen molar-refractivity contribution in [1.82, 2.24) is 0 Å². The summed E-state index contributed by atoms with van der Waals surface area (Å²) in [6.07, 6.45) is 63.5. The normalized spacial score (nSPS) is 14.7. The van der Waals surface area contributed by atoms with E-state index in [9.17, 15) is 5.11 Å². The van der Waals surface area contributed by atoms with Crippen molar-refractivity contribution in [2.75, 3.05) is 33.0 Å². The number of hydrogen-bond donors (Lipinski definition) is 1. The van der Waals surface area contributed by atoms with E-state index in [0.717, 1.165) is 158 Å². The fraction of sp³-hybridized carbons (Fsp3) is 0.506. The highest BCUT2D eigenvalue weighted by atomic mass is 16.5. The molecule has 0 aromatic heterocycles.